The average molecular weight is 455 g/mol. The number of carboxylic acids is 1. The minimum atomic E-state index is -0.775. The van der Waals surface area contributed by atoms with E-state index in [2.05, 4.69) is 6.92 Å². The molecule has 2 aliphatic rings. The smallest absolute Gasteiger partial charge is 0.303 e. The lowest BCUT2D eigenvalue weighted by atomic mass is 9.68. The van der Waals surface area contributed by atoms with E-state index in [1.807, 2.05) is 6.07 Å². The summed E-state index contributed by atoms with van der Waals surface area (Å²) in [7, 11) is 0. The molecule has 1 N–H and O–H groups in total. The molecule has 1 saturated carbocycles. The van der Waals surface area contributed by atoms with E-state index in [0.717, 1.165) is 56.9 Å². The Morgan fingerprint density at radius 1 is 1.17 bits per heavy atom. The Kier molecular flexibility index (Phi) is 8.09. The molecule has 3 rings (SSSR count). The number of ether oxygens (including phenoxy) is 1. The number of carbonyl (C=O) groups is 2. The number of benzene rings is 1. The van der Waals surface area contributed by atoms with Crippen molar-refractivity contribution in [1.82, 2.24) is 0 Å². The van der Waals surface area contributed by atoms with Crippen molar-refractivity contribution in [3.05, 3.63) is 27.2 Å². The number of aliphatic carboxylic acids is 1. The molecule has 0 aromatic heterocycles. The summed E-state index contributed by atoms with van der Waals surface area (Å²) in [6.07, 6.45) is 10.7. The maximum Gasteiger partial charge on any atom is 0.303 e. The van der Waals surface area contributed by atoms with E-state index in [9.17, 15) is 9.59 Å². The third-order valence-corrected chi connectivity index (χ3v) is 7.70. The summed E-state index contributed by atoms with van der Waals surface area (Å²) < 4.78 is 5.88. The van der Waals surface area contributed by atoms with Gasteiger partial charge in [0.25, 0.3) is 0 Å². The summed E-state index contributed by atoms with van der Waals surface area (Å²) in [5.74, 6) is 0.370. The molecule has 0 aliphatic heterocycles. The van der Waals surface area contributed by atoms with E-state index < -0.39 is 5.97 Å². The van der Waals surface area contributed by atoms with Gasteiger partial charge in [-0.1, -0.05) is 55.8 Å². The van der Waals surface area contributed by atoms with E-state index in [1.165, 1.54) is 12.8 Å². The first-order chi connectivity index (χ1) is 14.4. The third kappa shape index (κ3) is 4.80. The minimum Gasteiger partial charge on any atom is -0.492 e. The van der Waals surface area contributed by atoms with Crippen molar-refractivity contribution >= 4 is 35.0 Å². The standard InChI is InChI=1S/C24H32Cl2O4/c1-2-3-12-24(17-9-6-7-10-17)15-16-14-18(21(25)22(26)20(16)23(24)29)30-13-8-4-5-11-19(27)28/h14,17H,2-13,15H2,1H3,(H,27,28). The molecule has 1 aromatic rings. The Hall–Kier alpha value is -1.26. The number of hydrogen-bond acceptors (Lipinski definition) is 3. The molecule has 166 valence electrons. The lowest BCUT2D eigenvalue weighted by molar-refractivity contribution is -0.137. The first kappa shape index (κ1) is 23.4. The van der Waals surface area contributed by atoms with E-state index in [1.54, 1.807) is 0 Å². The van der Waals surface area contributed by atoms with Gasteiger partial charge in [0.15, 0.2) is 5.78 Å². The van der Waals surface area contributed by atoms with Crippen LogP contribution in [-0.2, 0) is 11.2 Å². The highest BCUT2D eigenvalue weighted by molar-refractivity contribution is 6.45. The first-order valence-corrected chi connectivity index (χ1v) is 12.1. The van der Waals surface area contributed by atoms with Crippen LogP contribution in [0.2, 0.25) is 10.0 Å². The fraction of sp³-hybridized carbons (Fsp3) is 0.667. The first-order valence-electron chi connectivity index (χ1n) is 11.3. The third-order valence-electron chi connectivity index (χ3n) is 6.85. The molecule has 0 bridgehead atoms. The number of ketones is 1. The second-order valence-corrected chi connectivity index (χ2v) is 9.59. The molecular formula is C24H32Cl2O4. The molecule has 30 heavy (non-hydrogen) atoms. The Bertz CT molecular complexity index is 786. The van der Waals surface area contributed by atoms with Gasteiger partial charge in [-0.2, -0.15) is 0 Å². The topological polar surface area (TPSA) is 63.6 Å². The number of Topliss-reactive ketones (excluding diaryl/α,β-unsaturated/α-hetero) is 1. The van der Waals surface area contributed by atoms with Crippen molar-refractivity contribution in [2.45, 2.75) is 84.0 Å². The molecule has 6 heteroatoms. The molecule has 0 heterocycles. The van der Waals surface area contributed by atoms with Crippen LogP contribution in [0, 0.1) is 11.3 Å². The number of unbranched alkanes of at least 4 members (excludes halogenated alkanes) is 3. The quantitative estimate of drug-likeness (QED) is 0.361. The normalized spacial score (nSPS) is 21.2. The molecule has 0 spiro atoms. The Balaban J connectivity index is 1.76. The van der Waals surface area contributed by atoms with Crippen LogP contribution in [-0.4, -0.2) is 23.5 Å². The largest absolute Gasteiger partial charge is 0.492 e. The van der Waals surface area contributed by atoms with Gasteiger partial charge in [-0.15, -0.1) is 0 Å². The molecular weight excluding hydrogens is 423 g/mol. The van der Waals surface area contributed by atoms with Gasteiger partial charge in [-0.05, 0) is 62.5 Å². The molecule has 1 fully saturated rings. The molecule has 2 aliphatic carbocycles. The zero-order valence-corrected chi connectivity index (χ0v) is 19.3. The summed E-state index contributed by atoms with van der Waals surface area (Å²) in [5.41, 5.74) is 1.24. The fourth-order valence-corrected chi connectivity index (χ4v) is 5.76. The predicted octanol–water partition coefficient (Wildman–Crippen LogP) is 7.12. The zero-order valence-electron chi connectivity index (χ0n) is 17.8. The minimum absolute atomic E-state index is 0.175. The number of rotatable bonds is 11. The molecule has 0 amide bonds. The molecule has 0 radical (unpaired) electrons. The van der Waals surface area contributed by atoms with Crippen molar-refractivity contribution in [2.24, 2.45) is 11.3 Å². The second-order valence-electron chi connectivity index (χ2n) is 8.84. The van der Waals surface area contributed by atoms with Crippen LogP contribution in [0.15, 0.2) is 6.07 Å². The summed E-state index contributed by atoms with van der Waals surface area (Å²) in [6.45, 7) is 2.62. The van der Waals surface area contributed by atoms with Gasteiger partial charge >= 0.3 is 5.97 Å². The van der Waals surface area contributed by atoms with Crippen LogP contribution in [0.5, 0.6) is 5.75 Å². The van der Waals surface area contributed by atoms with Gasteiger partial charge in [-0.3, -0.25) is 9.59 Å². The highest BCUT2D eigenvalue weighted by Crippen LogP contribution is 2.54. The monoisotopic (exact) mass is 454 g/mol. The average Bonchev–Trinajstić information content (AvgIpc) is 3.34. The zero-order chi connectivity index (χ0) is 21.7. The van der Waals surface area contributed by atoms with Gasteiger partial charge in [0, 0.05) is 17.4 Å². The van der Waals surface area contributed by atoms with E-state index in [-0.39, 0.29) is 17.6 Å². The highest BCUT2D eigenvalue weighted by Gasteiger charge is 2.51. The van der Waals surface area contributed by atoms with Crippen LogP contribution in [0.4, 0.5) is 0 Å². The maximum absolute atomic E-state index is 13.7. The molecule has 1 aromatic carbocycles. The Morgan fingerprint density at radius 2 is 1.90 bits per heavy atom. The summed E-state index contributed by atoms with van der Waals surface area (Å²) >= 11 is 13.1. The summed E-state index contributed by atoms with van der Waals surface area (Å²) in [4.78, 5) is 24.2. The van der Waals surface area contributed by atoms with Crippen molar-refractivity contribution in [2.75, 3.05) is 6.61 Å². The number of fused-ring (bicyclic) bond motifs is 1. The lowest BCUT2D eigenvalue weighted by Crippen LogP contribution is -2.35. The number of carboxylic acid groups (broad SMARTS) is 1. The van der Waals surface area contributed by atoms with E-state index >= 15 is 0 Å². The molecule has 1 unspecified atom stereocenters. The van der Waals surface area contributed by atoms with Gasteiger partial charge < -0.3 is 9.84 Å². The Labute approximate surface area is 189 Å². The van der Waals surface area contributed by atoms with Crippen molar-refractivity contribution in [3.63, 3.8) is 0 Å². The molecule has 0 saturated heterocycles. The summed E-state index contributed by atoms with van der Waals surface area (Å²) in [6, 6.07) is 1.92. The van der Waals surface area contributed by atoms with Gasteiger partial charge in [-0.25, -0.2) is 0 Å². The van der Waals surface area contributed by atoms with Gasteiger partial charge in [0.1, 0.15) is 10.8 Å². The SMILES string of the molecule is CCCCC1(C2CCCC2)Cc2cc(OCCCCCC(=O)O)c(Cl)c(Cl)c2C1=O. The highest BCUT2D eigenvalue weighted by atomic mass is 35.5. The van der Waals surface area contributed by atoms with Gasteiger partial charge in [0.05, 0.1) is 11.6 Å². The predicted molar refractivity (Wildman–Crippen MR) is 120 cm³/mol. The number of carbonyl (C=O) groups excluding carboxylic acids is 1. The van der Waals surface area contributed by atoms with E-state index in [4.69, 9.17) is 33.0 Å². The maximum atomic E-state index is 13.7. The van der Waals surface area contributed by atoms with Crippen LogP contribution < -0.4 is 4.74 Å². The molecule has 4 nitrogen and oxygen atoms in total. The van der Waals surface area contributed by atoms with Crippen LogP contribution >= 0.6 is 23.2 Å². The van der Waals surface area contributed by atoms with Gasteiger partial charge in [0.2, 0.25) is 0 Å². The number of hydrogen-bond donors (Lipinski definition) is 1. The molecule has 1 atom stereocenters. The van der Waals surface area contributed by atoms with Crippen LogP contribution in [0.25, 0.3) is 0 Å². The Morgan fingerprint density at radius 3 is 2.57 bits per heavy atom. The van der Waals surface area contributed by atoms with Crippen molar-refractivity contribution < 1.29 is 19.4 Å². The summed E-state index contributed by atoms with van der Waals surface area (Å²) in [5, 5.41) is 9.35. The second kappa shape index (κ2) is 10.4. The lowest BCUT2D eigenvalue weighted by Gasteiger charge is -2.34. The van der Waals surface area contributed by atoms with Crippen molar-refractivity contribution in [3.8, 4) is 5.75 Å². The van der Waals surface area contributed by atoms with E-state index in [0.29, 0.717) is 40.3 Å². The number of halogens is 2. The van der Waals surface area contributed by atoms with Crippen LogP contribution in [0.1, 0.15) is 93.5 Å². The van der Waals surface area contributed by atoms with Crippen molar-refractivity contribution in [1.29, 1.82) is 0 Å². The van der Waals surface area contributed by atoms with Crippen LogP contribution in [0.3, 0.4) is 0 Å². The fourth-order valence-electron chi connectivity index (χ4n) is 5.26.